The smallest absolute Gasteiger partial charge is 1.00 e. The molecule has 0 aliphatic heterocycles. The van der Waals surface area contributed by atoms with Crippen molar-refractivity contribution < 1.29 is 53.5 Å². The molecule has 0 atom stereocenters. The minimum atomic E-state index is -1.30. The summed E-state index contributed by atoms with van der Waals surface area (Å²) in [4.78, 5) is 0. The van der Waals surface area contributed by atoms with Crippen LogP contribution in [0, 0.1) is 5.41 Å². The molecule has 0 nitrogen and oxygen atoms in total. The maximum absolute atomic E-state index is 3.43. The Morgan fingerprint density at radius 3 is 1.62 bits per heavy atom. The first-order valence-electron chi connectivity index (χ1n) is 6.97. The van der Waals surface area contributed by atoms with Crippen molar-refractivity contribution in [3.05, 3.63) is 20.8 Å². The molecule has 1 aliphatic carbocycles. The van der Waals surface area contributed by atoms with Gasteiger partial charge in [0, 0.05) is 0 Å². The van der Waals surface area contributed by atoms with Gasteiger partial charge in [-0.3, -0.25) is 0 Å². The molecule has 21 heavy (non-hydrogen) atoms. The monoisotopic (exact) mass is 424 g/mol. The van der Waals surface area contributed by atoms with E-state index in [1.807, 2.05) is 0 Å². The molecule has 0 amide bonds. The van der Waals surface area contributed by atoms with Crippen LogP contribution in [0.4, 0.5) is 0 Å². The second-order valence-corrected chi connectivity index (χ2v) is 18.2. The topological polar surface area (TPSA) is 0 Å². The Morgan fingerprint density at radius 1 is 1.00 bits per heavy atom. The maximum atomic E-state index is 3.43. The van der Waals surface area contributed by atoms with E-state index in [9.17, 15) is 0 Å². The van der Waals surface area contributed by atoms with Crippen molar-refractivity contribution in [1.29, 1.82) is 0 Å². The van der Waals surface area contributed by atoms with Gasteiger partial charge in [-0.1, -0.05) is 0 Å². The van der Waals surface area contributed by atoms with E-state index < -0.39 is 7.74 Å². The Morgan fingerprint density at radius 2 is 1.38 bits per heavy atom. The van der Waals surface area contributed by atoms with E-state index >= 15 is 0 Å². The first-order valence-corrected chi connectivity index (χ1v) is 13.2. The zero-order valence-electron chi connectivity index (χ0n) is 14.4. The van der Waals surface area contributed by atoms with Gasteiger partial charge in [0.25, 0.3) is 0 Å². The fraction of sp³-hybridized carbons (Fsp3) is 0.733. The minimum Gasteiger partial charge on any atom is -1.00 e. The van der Waals surface area contributed by atoms with Gasteiger partial charge in [-0.2, -0.15) is 0 Å². The second kappa shape index (κ2) is 9.74. The summed E-state index contributed by atoms with van der Waals surface area (Å²) >= 11 is 3.43. The van der Waals surface area contributed by atoms with Gasteiger partial charge >= 0.3 is 125 Å². The number of hydrogen-bond acceptors (Lipinski definition) is 0. The van der Waals surface area contributed by atoms with Crippen molar-refractivity contribution in [3.63, 3.8) is 0 Å². The molecule has 0 radical (unpaired) electrons. The standard InChI is InChI=1S/C15H28PSi.3ClH.Cr/c1-9-16(10-2)17(7,8)14-11-15(5,6)13(4)12(14)3;;;;/h9-10H2,1-8H3;3*1H;/q;;;;+3/p-3. The van der Waals surface area contributed by atoms with Crippen LogP contribution in [0.15, 0.2) is 20.8 Å². The molecule has 1 rings (SSSR count). The number of hydrogen-bond donors (Lipinski definition) is 0. The summed E-state index contributed by atoms with van der Waals surface area (Å²) in [5.41, 5.74) is 3.42. The molecule has 0 N–H and O–H groups in total. The molecule has 0 heterocycles. The van der Waals surface area contributed by atoms with Gasteiger partial charge in [0.15, 0.2) is 0 Å². The van der Waals surface area contributed by atoms with Gasteiger partial charge in [-0.15, -0.1) is 0 Å². The normalized spacial score (nSPS) is 17.3. The van der Waals surface area contributed by atoms with E-state index in [4.69, 9.17) is 0 Å². The van der Waals surface area contributed by atoms with Crippen molar-refractivity contribution in [2.75, 3.05) is 12.3 Å². The molecule has 0 bridgehead atoms. The Hall–Kier alpha value is 1.53. The fourth-order valence-corrected chi connectivity index (χ4v) is 16.1. The van der Waals surface area contributed by atoms with Crippen molar-refractivity contribution in [1.82, 2.24) is 0 Å². The predicted octanol–water partition coefficient (Wildman–Crippen LogP) is -3.56. The first-order chi connectivity index (χ1) is 8.12. The van der Waals surface area contributed by atoms with Crippen LogP contribution in [0.5, 0.6) is 0 Å². The summed E-state index contributed by atoms with van der Waals surface area (Å²) in [7, 11) is -1.10. The third-order valence-electron chi connectivity index (χ3n) is 4.84. The largest absolute Gasteiger partial charge is 1.00 e. The summed E-state index contributed by atoms with van der Waals surface area (Å²) in [5.74, 6) is 0. The molecular weight excluding hydrogens is 398 g/mol. The van der Waals surface area contributed by atoms with Gasteiger partial charge in [-0.25, -0.2) is 0 Å². The van der Waals surface area contributed by atoms with Crippen LogP contribution < -0.4 is 37.2 Å². The zero-order valence-corrected chi connectivity index (χ0v) is 19.8. The third kappa shape index (κ3) is 4.76. The third-order valence-corrected chi connectivity index (χ3v) is 18.5. The molecule has 0 saturated carbocycles. The summed E-state index contributed by atoms with van der Waals surface area (Å²) in [6.07, 6.45) is 2.77. The van der Waals surface area contributed by atoms with Crippen molar-refractivity contribution in [3.8, 4) is 0 Å². The Labute approximate surface area is 161 Å². The van der Waals surface area contributed by atoms with E-state index in [2.05, 4.69) is 70.9 Å². The van der Waals surface area contributed by atoms with Crippen molar-refractivity contribution in [2.24, 2.45) is 5.41 Å². The molecule has 0 aromatic heterocycles. The van der Waals surface area contributed by atoms with Crippen molar-refractivity contribution >= 4 is 15.2 Å². The fourth-order valence-electron chi connectivity index (χ4n) is 3.22. The van der Waals surface area contributed by atoms with E-state index in [0.717, 1.165) is 0 Å². The van der Waals surface area contributed by atoms with Gasteiger partial charge < -0.3 is 37.2 Å². The molecule has 1 aliphatic rings. The van der Waals surface area contributed by atoms with Crippen molar-refractivity contribution in [2.45, 2.75) is 54.6 Å². The molecular formula is C15H28Cl3CrPSi. The molecule has 6 heteroatoms. The molecule has 0 unspecified atom stereocenters. The quantitative estimate of drug-likeness (QED) is 0.323. The molecule has 124 valence electrons. The van der Waals surface area contributed by atoms with E-state index in [1.165, 1.54) is 12.3 Å². The summed E-state index contributed by atoms with van der Waals surface area (Å²) in [6.45, 7) is 19.4. The van der Waals surface area contributed by atoms with Crippen LogP contribution in [-0.4, -0.2) is 20.1 Å². The average Bonchev–Trinajstić information content (AvgIpc) is 2.42. The number of allylic oxidation sites excluding steroid dienone is 4. The summed E-state index contributed by atoms with van der Waals surface area (Å²) in [5, 5.41) is 1.75. The molecule has 0 spiro atoms. The Balaban J connectivity index is -0.00000108. The van der Waals surface area contributed by atoms with Gasteiger partial charge in [-0.05, 0) is 0 Å². The first kappa shape index (κ1) is 27.4. The van der Waals surface area contributed by atoms with E-state index in [1.54, 1.807) is 20.8 Å². The van der Waals surface area contributed by atoms with Gasteiger partial charge in [0.2, 0.25) is 0 Å². The average molecular weight is 426 g/mol. The van der Waals surface area contributed by atoms with E-state index in [-0.39, 0.29) is 50.1 Å². The second-order valence-electron chi connectivity index (χ2n) is 6.31. The summed E-state index contributed by atoms with van der Waals surface area (Å²) < 4.78 is 1.54. The minimum absolute atomic E-state index is 0. The number of rotatable bonds is 4. The summed E-state index contributed by atoms with van der Waals surface area (Å²) in [6, 6.07) is 0. The Kier molecular flexibility index (Phi) is 12.7. The van der Waals surface area contributed by atoms with Crippen LogP contribution in [0.2, 0.25) is 13.1 Å². The molecule has 0 fully saturated rings. The van der Waals surface area contributed by atoms with E-state index in [0.29, 0.717) is 0 Å². The Bertz CT molecular complexity index is 413. The van der Waals surface area contributed by atoms with Crippen LogP contribution >= 0.6 is 7.47 Å². The van der Waals surface area contributed by atoms with Crippen LogP contribution in [0.3, 0.4) is 0 Å². The molecule has 0 saturated heterocycles. The van der Waals surface area contributed by atoms with Gasteiger partial charge in [0.05, 0.1) is 0 Å². The molecule has 0 aromatic rings. The SMILES string of the molecule is CCP(CC)[Si](C)(C)C1=[C]([Cr+3])C(C)(C)C(C)=C1C.[Cl-].[Cl-].[Cl-]. The maximum Gasteiger partial charge on any atom is -1.00 e. The molecule has 0 aromatic carbocycles. The predicted molar refractivity (Wildman–Crippen MR) is 84.7 cm³/mol. The van der Waals surface area contributed by atoms with Crippen LogP contribution in [0.1, 0.15) is 41.5 Å². The number of halogens is 3. The van der Waals surface area contributed by atoms with Crippen LogP contribution in [0.25, 0.3) is 0 Å². The van der Waals surface area contributed by atoms with Gasteiger partial charge in [0.1, 0.15) is 0 Å². The van der Waals surface area contributed by atoms with Crippen LogP contribution in [-0.2, 0) is 16.3 Å². The zero-order chi connectivity index (χ0) is 14.3.